The molecule has 0 fully saturated rings. The molecule has 3 aromatic rings. The van der Waals surface area contributed by atoms with Gasteiger partial charge in [-0.05, 0) is 31.5 Å². The molecule has 2 heterocycles. The number of rotatable bonds is 3. The number of hydrogen-bond donors (Lipinski definition) is 1. The van der Waals surface area contributed by atoms with Crippen molar-refractivity contribution in [3.8, 4) is 16.8 Å². The van der Waals surface area contributed by atoms with Crippen molar-refractivity contribution in [2.75, 3.05) is 5.73 Å². The highest BCUT2D eigenvalue weighted by Crippen LogP contribution is 2.25. The molecule has 1 aromatic carbocycles. The molecular formula is C15H16N4O2. The van der Waals surface area contributed by atoms with Gasteiger partial charge < -0.3 is 10.3 Å². The zero-order valence-electron chi connectivity index (χ0n) is 11.9. The fraction of sp³-hybridized carbons (Fsp3) is 0.200. The van der Waals surface area contributed by atoms with Crippen LogP contribution < -0.4 is 11.4 Å². The molecule has 0 aliphatic carbocycles. The second-order valence-electron chi connectivity index (χ2n) is 5.10. The minimum Gasteiger partial charge on any atom is -0.367 e. The lowest BCUT2D eigenvalue weighted by atomic mass is 10.1. The standard InChI is InChI=1S/C15H16N4O2/c1-10(2)18-7-8-19(15(18)20)12-5-3-11(4-6-12)13-9-17-21-14(13)16/h3-10H,16H2,1-2H3. The van der Waals surface area contributed by atoms with Crippen LogP contribution in [-0.4, -0.2) is 14.3 Å². The molecule has 0 bridgehead atoms. The lowest BCUT2D eigenvalue weighted by Crippen LogP contribution is -2.24. The summed E-state index contributed by atoms with van der Waals surface area (Å²) in [6.07, 6.45) is 5.13. The van der Waals surface area contributed by atoms with E-state index >= 15 is 0 Å². The second kappa shape index (κ2) is 4.97. The SMILES string of the molecule is CC(C)n1ccn(-c2ccc(-c3cnoc3N)cc2)c1=O. The van der Waals surface area contributed by atoms with E-state index in [0.29, 0.717) is 0 Å². The Morgan fingerprint density at radius 1 is 1.19 bits per heavy atom. The maximum Gasteiger partial charge on any atom is 0.332 e. The summed E-state index contributed by atoms with van der Waals surface area (Å²) in [5.74, 6) is 0.283. The molecular weight excluding hydrogens is 268 g/mol. The van der Waals surface area contributed by atoms with Crippen molar-refractivity contribution in [3.63, 3.8) is 0 Å². The predicted molar refractivity (Wildman–Crippen MR) is 80.3 cm³/mol. The molecule has 6 nitrogen and oxygen atoms in total. The van der Waals surface area contributed by atoms with Crippen molar-refractivity contribution < 1.29 is 4.52 Å². The molecule has 0 atom stereocenters. The maximum atomic E-state index is 12.3. The monoisotopic (exact) mass is 284 g/mol. The molecule has 0 aliphatic rings. The first-order valence-corrected chi connectivity index (χ1v) is 6.68. The first-order valence-electron chi connectivity index (χ1n) is 6.68. The number of hydrogen-bond acceptors (Lipinski definition) is 4. The van der Waals surface area contributed by atoms with Crippen LogP contribution in [-0.2, 0) is 0 Å². The van der Waals surface area contributed by atoms with E-state index in [-0.39, 0.29) is 17.6 Å². The summed E-state index contributed by atoms with van der Waals surface area (Å²) in [7, 11) is 0. The van der Waals surface area contributed by atoms with Gasteiger partial charge in [-0.25, -0.2) is 4.79 Å². The molecule has 0 unspecified atom stereocenters. The Balaban J connectivity index is 1.99. The Morgan fingerprint density at radius 2 is 1.90 bits per heavy atom. The van der Waals surface area contributed by atoms with Crippen LogP contribution in [0.3, 0.4) is 0 Å². The Hall–Kier alpha value is -2.76. The topological polar surface area (TPSA) is 79.0 Å². The van der Waals surface area contributed by atoms with Gasteiger partial charge in [0.25, 0.3) is 0 Å². The van der Waals surface area contributed by atoms with Gasteiger partial charge in [0.2, 0.25) is 5.88 Å². The van der Waals surface area contributed by atoms with Crippen LogP contribution in [0.15, 0.2) is 52.2 Å². The van der Waals surface area contributed by atoms with E-state index in [1.54, 1.807) is 27.7 Å². The number of nitrogen functional groups attached to an aromatic ring is 1. The van der Waals surface area contributed by atoms with Gasteiger partial charge >= 0.3 is 5.69 Å². The Morgan fingerprint density at radius 3 is 2.43 bits per heavy atom. The highest BCUT2D eigenvalue weighted by Gasteiger charge is 2.10. The Kier molecular flexibility index (Phi) is 3.13. The van der Waals surface area contributed by atoms with Crippen LogP contribution in [0.5, 0.6) is 0 Å². The smallest absolute Gasteiger partial charge is 0.332 e. The van der Waals surface area contributed by atoms with Crippen molar-refractivity contribution >= 4 is 5.88 Å². The van der Waals surface area contributed by atoms with Gasteiger partial charge in [-0.15, -0.1) is 0 Å². The zero-order valence-corrected chi connectivity index (χ0v) is 11.9. The zero-order chi connectivity index (χ0) is 15.0. The summed E-state index contributed by atoms with van der Waals surface area (Å²) in [5.41, 5.74) is 8.09. The number of nitrogens with zero attached hydrogens (tertiary/aromatic N) is 3. The lowest BCUT2D eigenvalue weighted by Gasteiger charge is -2.05. The first kappa shape index (κ1) is 13.2. The molecule has 0 spiro atoms. The maximum absolute atomic E-state index is 12.3. The van der Waals surface area contributed by atoms with E-state index < -0.39 is 0 Å². The molecule has 0 amide bonds. The number of anilines is 1. The molecule has 2 N–H and O–H groups in total. The van der Waals surface area contributed by atoms with Crippen molar-refractivity contribution in [3.05, 3.63) is 53.3 Å². The van der Waals surface area contributed by atoms with Crippen molar-refractivity contribution in [1.29, 1.82) is 0 Å². The summed E-state index contributed by atoms with van der Waals surface area (Å²) in [6, 6.07) is 7.64. The summed E-state index contributed by atoms with van der Waals surface area (Å²) in [4.78, 5) is 12.3. The minimum atomic E-state index is -0.0535. The van der Waals surface area contributed by atoms with Crippen LogP contribution in [0.1, 0.15) is 19.9 Å². The Bertz CT molecular complexity index is 809. The van der Waals surface area contributed by atoms with E-state index in [4.69, 9.17) is 10.3 Å². The molecule has 108 valence electrons. The van der Waals surface area contributed by atoms with Crippen molar-refractivity contribution in [2.24, 2.45) is 0 Å². The van der Waals surface area contributed by atoms with Crippen molar-refractivity contribution in [1.82, 2.24) is 14.3 Å². The van der Waals surface area contributed by atoms with Crippen LogP contribution in [0.4, 0.5) is 5.88 Å². The van der Waals surface area contributed by atoms with Gasteiger partial charge in [0.05, 0.1) is 17.4 Å². The largest absolute Gasteiger partial charge is 0.367 e. The lowest BCUT2D eigenvalue weighted by molar-refractivity contribution is 0.436. The van der Waals surface area contributed by atoms with E-state index in [1.807, 2.05) is 38.1 Å². The van der Waals surface area contributed by atoms with E-state index in [1.165, 1.54) is 0 Å². The fourth-order valence-corrected chi connectivity index (χ4v) is 2.25. The highest BCUT2D eigenvalue weighted by molar-refractivity contribution is 5.72. The predicted octanol–water partition coefficient (Wildman–Crippen LogP) is 2.46. The van der Waals surface area contributed by atoms with Crippen LogP contribution in [0.2, 0.25) is 0 Å². The molecule has 3 rings (SSSR count). The number of benzene rings is 1. The quantitative estimate of drug-likeness (QED) is 0.801. The summed E-state index contributed by atoms with van der Waals surface area (Å²) in [6.45, 7) is 3.95. The summed E-state index contributed by atoms with van der Waals surface area (Å²) in [5, 5.41) is 3.66. The number of imidazole rings is 1. The first-order chi connectivity index (χ1) is 10.1. The average Bonchev–Trinajstić information content (AvgIpc) is 3.05. The molecule has 21 heavy (non-hydrogen) atoms. The van der Waals surface area contributed by atoms with Gasteiger partial charge in [-0.2, -0.15) is 0 Å². The molecule has 0 radical (unpaired) electrons. The van der Waals surface area contributed by atoms with Gasteiger partial charge in [0, 0.05) is 18.4 Å². The third-order valence-corrected chi connectivity index (χ3v) is 3.41. The van der Waals surface area contributed by atoms with Gasteiger partial charge in [0.1, 0.15) is 0 Å². The van der Waals surface area contributed by atoms with Gasteiger partial charge in [-0.3, -0.25) is 9.13 Å². The van der Waals surface area contributed by atoms with E-state index in [2.05, 4.69) is 5.16 Å². The minimum absolute atomic E-state index is 0.0535. The summed E-state index contributed by atoms with van der Waals surface area (Å²) >= 11 is 0. The van der Waals surface area contributed by atoms with Crippen LogP contribution in [0, 0.1) is 0 Å². The third kappa shape index (κ3) is 2.24. The normalized spacial score (nSPS) is 11.2. The van der Waals surface area contributed by atoms with Crippen molar-refractivity contribution in [2.45, 2.75) is 19.9 Å². The molecule has 0 saturated carbocycles. The van der Waals surface area contributed by atoms with Gasteiger partial charge in [0.15, 0.2) is 0 Å². The van der Waals surface area contributed by atoms with Crippen LogP contribution in [0.25, 0.3) is 16.8 Å². The molecule has 0 saturated heterocycles. The molecule has 6 heteroatoms. The third-order valence-electron chi connectivity index (χ3n) is 3.41. The van der Waals surface area contributed by atoms with Crippen LogP contribution >= 0.6 is 0 Å². The number of aromatic nitrogens is 3. The Labute approximate surface area is 121 Å². The van der Waals surface area contributed by atoms with E-state index in [9.17, 15) is 4.79 Å². The highest BCUT2D eigenvalue weighted by atomic mass is 16.5. The van der Waals surface area contributed by atoms with Gasteiger partial charge in [-0.1, -0.05) is 17.3 Å². The second-order valence-corrected chi connectivity index (χ2v) is 5.10. The molecule has 0 aliphatic heterocycles. The summed E-state index contributed by atoms with van der Waals surface area (Å²) < 4.78 is 8.15. The molecule has 2 aromatic heterocycles. The fourth-order valence-electron chi connectivity index (χ4n) is 2.25. The van der Waals surface area contributed by atoms with E-state index in [0.717, 1.165) is 16.8 Å². The average molecular weight is 284 g/mol. The number of nitrogens with two attached hydrogens (primary N) is 1.